The summed E-state index contributed by atoms with van der Waals surface area (Å²) < 4.78 is 27.4. The van der Waals surface area contributed by atoms with E-state index < -0.39 is 17.2 Å². The number of nitrogens with zero attached hydrogens (tertiary/aromatic N) is 1. The molecule has 2 aromatic rings. The van der Waals surface area contributed by atoms with Gasteiger partial charge in [0.2, 0.25) is 0 Å². The molecule has 2 fully saturated rings. The molecule has 1 saturated carbocycles. The highest BCUT2D eigenvalue weighted by Gasteiger charge is 2.48. The lowest BCUT2D eigenvalue weighted by Gasteiger charge is -2.26. The molecule has 0 aromatic heterocycles. The molecule has 148 valence electrons. The van der Waals surface area contributed by atoms with E-state index in [0.717, 1.165) is 6.07 Å². The van der Waals surface area contributed by atoms with Crippen molar-refractivity contribution in [1.29, 1.82) is 0 Å². The van der Waals surface area contributed by atoms with Crippen molar-refractivity contribution >= 4 is 5.78 Å². The van der Waals surface area contributed by atoms with E-state index in [0.29, 0.717) is 38.0 Å². The van der Waals surface area contributed by atoms with E-state index in [9.17, 15) is 23.8 Å². The average Bonchev–Trinajstić information content (AvgIpc) is 3.13. The highest BCUT2D eigenvalue weighted by Crippen LogP contribution is 2.45. The highest BCUT2D eigenvalue weighted by molar-refractivity contribution is 5.97. The first-order chi connectivity index (χ1) is 13.3. The van der Waals surface area contributed by atoms with Crippen LogP contribution in [0.5, 0.6) is 5.75 Å². The Morgan fingerprint density at radius 2 is 1.71 bits per heavy atom. The van der Waals surface area contributed by atoms with Crippen LogP contribution in [0.15, 0.2) is 42.5 Å². The summed E-state index contributed by atoms with van der Waals surface area (Å²) in [5, 5.41) is 20.3. The van der Waals surface area contributed by atoms with Gasteiger partial charge >= 0.3 is 0 Å². The first-order valence-electron chi connectivity index (χ1n) is 9.53. The summed E-state index contributed by atoms with van der Waals surface area (Å²) in [4.78, 5) is 14.5. The van der Waals surface area contributed by atoms with Gasteiger partial charge in [-0.1, -0.05) is 12.1 Å². The van der Waals surface area contributed by atoms with E-state index in [1.165, 1.54) is 24.3 Å². The van der Waals surface area contributed by atoms with Gasteiger partial charge in [0.15, 0.2) is 17.4 Å². The van der Waals surface area contributed by atoms with Crippen molar-refractivity contribution < 1.29 is 23.8 Å². The summed E-state index contributed by atoms with van der Waals surface area (Å²) in [6, 6.07) is 10.3. The van der Waals surface area contributed by atoms with E-state index in [-0.39, 0.29) is 35.4 Å². The van der Waals surface area contributed by atoms with Crippen LogP contribution in [0.2, 0.25) is 0 Å². The number of likely N-dealkylation sites (tertiary alicyclic amines) is 1. The third-order valence-corrected chi connectivity index (χ3v) is 6.04. The van der Waals surface area contributed by atoms with Crippen LogP contribution in [0.4, 0.5) is 8.78 Å². The number of hydrogen-bond donors (Lipinski definition) is 2. The predicted octanol–water partition coefficient (Wildman–Crippen LogP) is 3.17. The molecule has 1 aliphatic heterocycles. The molecule has 6 heteroatoms. The molecule has 0 spiro atoms. The fourth-order valence-corrected chi connectivity index (χ4v) is 4.81. The molecule has 1 aliphatic carbocycles. The maximum absolute atomic E-state index is 14.0. The third-order valence-electron chi connectivity index (χ3n) is 6.04. The maximum Gasteiger partial charge on any atom is 0.176 e. The number of hydrogen-bond acceptors (Lipinski definition) is 4. The highest BCUT2D eigenvalue weighted by atomic mass is 19.2. The number of phenolic OH excluding ortho intramolecular Hbond substituents is 1. The van der Waals surface area contributed by atoms with Gasteiger partial charge in [-0.3, -0.25) is 9.69 Å². The van der Waals surface area contributed by atoms with Gasteiger partial charge in [-0.15, -0.1) is 0 Å². The fourth-order valence-electron chi connectivity index (χ4n) is 4.81. The summed E-state index contributed by atoms with van der Waals surface area (Å²) in [6.07, 6.45) is 1.16. The van der Waals surface area contributed by atoms with Crippen LogP contribution >= 0.6 is 0 Å². The van der Waals surface area contributed by atoms with Crippen LogP contribution in [0.3, 0.4) is 0 Å². The Hall–Kier alpha value is -2.31. The van der Waals surface area contributed by atoms with Crippen molar-refractivity contribution in [3.8, 4) is 5.75 Å². The fraction of sp³-hybridized carbons (Fsp3) is 0.409. The summed E-state index contributed by atoms with van der Waals surface area (Å²) in [7, 11) is 0. The third kappa shape index (κ3) is 3.80. The van der Waals surface area contributed by atoms with Gasteiger partial charge in [0, 0.05) is 25.1 Å². The number of phenols is 1. The van der Waals surface area contributed by atoms with E-state index in [4.69, 9.17) is 0 Å². The minimum absolute atomic E-state index is 0.00272. The van der Waals surface area contributed by atoms with E-state index in [2.05, 4.69) is 4.90 Å². The molecule has 2 aromatic carbocycles. The maximum atomic E-state index is 14.0. The van der Waals surface area contributed by atoms with Gasteiger partial charge in [0.05, 0.1) is 12.1 Å². The zero-order valence-corrected chi connectivity index (χ0v) is 15.4. The van der Waals surface area contributed by atoms with Crippen LogP contribution in [-0.2, 0) is 6.42 Å². The van der Waals surface area contributed by atoms with Crippen molar-refractivity contribution in [2.24, 2.45) is 11.8 Å². The summed E-state index contributed by atoms with van der Waals surface area (Å²) in [5.74, 6) is -1.16. The lowest BCUT2D eigenvalue weighted by Crippen LogP contribution is -2.34. The molecule has 2 N–H and O–H groups in total. The first-order valence-corrected chi connectivity index (χ1v) is 9.53. The van der Waals surface area contributed by atoms with E-state index in [1.807, 2.05) is 0 Å². The Bertz CT molecular complexity index is 870. The largest absolute Gasteiger partial charge is 0.508 e. The van der Waals surface area contributed by atoms with E-state index >= 15 is 0 Å². The van der Waals surface area contributed by atoms with Crippen LogP contribution in [0, 0.1) is 23.5 Å². The molecule has 28 heavy (non-hydrogen) atoms. The molecule has 4 nitrogen and oxygen atoms in total. The number of benzene rings is 2. The number of Topliss-reactive ketones (excluding diaryl/α,β-unsaturated/α-hetero) is 1. The second-order valence-electron chi connectivity index (χ2n) is 8.21. The number of carbonyl (C=O) groups is 1. The second-order valence-corrected chi connectivity index (χ2v) is 8.21. The Balaban J connectivity index is 1.35. The van der Waals surface area contributed by atoms with Crippen molar-refractivity contribution in [3.63, 3.8) is 0 Å². The molecule has 2 aliphatic rings. The number of rotatable bonds is 5. The monoisotopic (exact) mass is 387 g/mol. The Kier molecular flexibility index (Phi) is 4.93. The molecule has 1 heterocycles. The normalized spacial score (nSPS) is 27.1. The number of fused-ring (bicyclic) bond motifs is 1. The van der Waals surface area contributed by atoms with Gasteiger partial charge in [-0.05, 0) is 60.6 Å². The van der Waals surface area contributed by atoms with Crippen LogP contribution < -0.4 is 0 Å². The second kappa shape index (κ2) is 7.26. The van der Waals surface area contributed by atoms with Crippen molar-refractivity contribution in [2.45, 2.75) is 24.9 Å². The lowest BCUT2D eigenvalue weighted by atomic mass is 9.91. The van der Waals surface area contributed by atoms with Crippen LogP contribution in [0.25, 0.3) is 0 Å². The minimum Gasteiger partial charge on any atom is -0.508 e. The predicted molar refractivity (Wildman–Crippen MR) is 100 cm³/mol. The SMILES string of the molecule is O=C(CN1C[C@@H]2CC(O)(Cc3cccc(F)c3F)C[C@@H]2C1)c1ccc(O)cc1. The molecule has 0 bridgehead atoms. The van der Waals surface area contributed by atoms with Gasteiger partial charge in [-0.25, -0.2) is 8.78 Å². The average molecular weight is 387 g/mol. The van der Waals surface area contributed by atoms with E-state index in [1.54, 1.807) is 12.1 Å². The summed E-state index contributed by atoms with van der Waals surface area (Å²) in [6.45, 7) is 1.72. The van der Waals surface area contributed by atoms with Crippen molar-refractivity contribution in [2.75, 3.05) is 19.6 Å². The van der Waals surface area contributed by atoms with Crippen LogP contribution in [0.1, 0.15) is 28.8 Å². The number of aliphatic hydroxyl groups is 1. The zero-order valence-electron chi connectivity index (χ0n) is 15.4. The molecule has 1 unspecified atom stereocenters. The Morgan fingerprint density at radius 3 is 2.36 bits per heavy atom. The molecular formula is C22H23F2NO3. The molecule has 3 atom stereocenters. The molecule has 1 saturated heterocycles. The van der Waals surface area contributed by atoms with Gasteiger partial charge in [-0.2, -0.15) is 0 Å². The van der Waals surface area contributed by atoms with Crippen molar-refractivity contribution in [3.05, 3.63) is 65.2 Å². The smallest absolute Gasteiger partial charge is 0.176 e. The molecule has 0 amide bonds. The topological polar surface area (TPSA) is 60.8 Å². The number of aromatic hydroxyl groups is 1. The van der Waals surface area contributed by atoms with Gasteiger partial charge in [0.25, 0.3) is 0 Å². The number of halogens is 2. The number of ketones is 1. The minimum atomic E-state index is -1.03. The lowest BCUT2D eigenvalue weighted by molar-refractivity contribution is 0.0346. The standard InChI is InChI=1S/C22H23F2NO3/c23-19-3-1-2-15(21(19)24)8-22(28)9-16-11-25(12-17(16)10-22)13-20(27)14-4-6-18(26)7-5-14/h1-7,16-17,26,28H,8-13H2/t16-,17+,22?. The van der Waals surface area contributed by atoms with Crippen LogP contribution in [-0.4, -0.2) is 46.1 Å². The molecule has 0 radical (unpaired) electrons. The molecular weight excluding hydrogens is 364 g/mol. The summed E-state index contributed by atoms with van der Waals surface area (Å²) in [5.41, 5.74) is -0.258. The van der Waals surface area contributed by atoms with Gasteiger partial charge in [0.1, 0.15) is 5.75 Å². The number of carbonyl (C=O) groups excluding carboxylic acids is 1. The molecule has 4 rings (SSSR count). The summed E-state index contributed by atoms with van der Waals surface area (Å²) >= 11 is 0. The van der Waals surface area contributed by atoms with Gasteiger partial charge < -0.3 is 10.2 Å². The Morgan fingerprint density at radius 1 is 1.07 bits per heavy atom. The zero-order chi connectivity index (χ0) is 19.9. The quantitative estimate of drug-likeness (QED) is 0.774. The van der Waals surface area contributed by atoms with Crippen molar-refractivity contribution in [1.82, 2.24) is 4.90 Å². The Labute approximate surface area is 162 Å². The first kappa shape index (κ1) is 19.0.